The van der Waals surface area contributed by atoms with Crippen LogP contribution in [-0.2, 0) is 4.79 Å². The predicted octanol–water partition coefficient (Wildman–Crippen LogP) is 3.04. The Morgan fingerprint density at radius 2 is 1.56 bits per heavy atom. The van der Waals surface area contributed by atoms with Crippen molar-refractivity contribution in [2.45, 2.75) is 12.8 Å². The molecule has 1 aliphatic rings. The first kappa shape index (κ1) is 16.8. The normalized spacial score (nSPS) is 15.0. The maximum absolute atomic E-state index is 11.2. The highest BCUT2D eigenvalue weighted by Gasteiger charge is 2.23. The van der Waals surface area contributed by atoms with Crippen LogP contribution in [0, 0.1) is 16.0 Å². The fourth-order valence-electron chi connectivity index (χ4n) is 3.01. The predicted molar refractivity (Wildman–Crippen MR) is 97.0 cm³/mol. The van der Waals surface area contributed by atoms with E-state index in [0.29, 0.717) is 0 Å². The highest BCUT2D eigenvalue weighted by atomic mass is 16.6. The lowest BCUT2D eigenvalue weighted by atomic mass is 9.96. The average molecular weight is 340 g/mol. The van der Waals surface area contributed by atoms with Gasteiger partial charge in [0.25, 0.3) is 5.69 Å². The van der Waals surface area contributed by atoms with E-state index in [1.54, 1.807) is 12.1 Å². The molecule has 0 aromatic heterocycles. The van der Waals surface area contributed by atoms with Gasteiger partial charge in [0.2, 0.25) is 5.91 Å². The van der Waals surface area contributed by atoms with Gasteiger partial charge in [-0.15, -0.1) is 0 Å². The Labute approximate surface area is 145 Å². The molecule has 1 aliphatic heterocycles. The van der Waals surface area contributed by atoms with Crippen molar-refractivity contribution in [3.63, 3.8) is 0 Å². The number of nitro groups is 1. The number of nitrogens with two attached hydrogens (primary N) is 1. The molecule has 2 aromatic rings. The number of carbonyl (C=O) groups excluding carboxylic acids is 1. The Morgan fingerprint density at radius 1 is 1.04 bits per heavy atom. The first-order valence-electron chi connectivity index (χ1n) is 8.19. The summed E-state index contributed by atoms with van der Waals surface area (Å²) in [5.74, 6) is -0.221. The Morgan fingerprint density at radius 3 is 2.04 bits per heavy atom. The van der Waals surface area contributed by atoms with Crippen LogP contribution in [0.25, 0.3) is 0 Å². The zero-order valence-corrected chi connectivity index (χ0v) is 13.7. The standard InChI is InChI=1S/C18H20N4O3/c19-18(23)13-9-11-21(12-10-13)16-5-1-14(2-6-16)20-15-3-7-17(8-4-15)22(24)25/h1-8,13,20H,9-12H2,(H2,19,23). The van der Waals surface area contributed by atoms with E-state index in [9.17, 15) is 14.9 Å². The molecule has 0 radical (unpaired) electrons. The van der Waals surface area contributed by atoms with Gasteiger partial charge < -0.3 is 16.0 Å². The van der Waals surface area contributed by atoms with Gasteiger partial charge >= 0.3 is 0 Å². The molecular weight excluding hydrogens is 320 g/mol. The van der Waals surface area contributed by atoms with E-state index >= 15 is 0 Å². The second-order valence-electron chi connectivity index (χ2n) is 6.14. The Bertz CT molecular complexity index is 751. The fourth-order valence-corrected chi connectivity index (χ4v) is 3.01. The molecule has 1 heterocycles. The van der Waals surface area contributed by atoms with Crippen molar-refractivity contribution in [3.8, 4) is 0 Å². The number of non-ortho nitro benzene ring substituents is 1. The minimum Gasteiger partial charge on any atom is -0.371 e. The number of nitrogens with one attached hydrogen (secondary N) is 1. The molecule has 2 aromatic carbocycles. The van der Waals surface area contributed by atoms with Gasteiger partial charge in [-0.3, -0.25) is 14.9 Å². The van der Waals surface area contributed by atoms with Crippen molar-refractivity contribution in [1.82, 2.24) is 0 Å². The van der Waals surface area contributed by atoms with Gasteiger partial charge in [0.05, 0.1) is 4.92 Å². The highest BCUT2D eigenvalue weighted by Crippen LogP contribution is 2.26. The van der Waals surface area contributed by atoms with Gasteiger partial charge in [-0.25, -0.2) is 0 Å². The van der Waals surface area contributed by atoms with E-state index in [1.807, 2.05) is 24.3 Å². The first-order chi connectivity index (χ1) is 12.0. The lowest BCUT2D eigenvalue weighted by Crippen LogP contribution is -2.38. The number of amides is 1. The van der Waals surface area contributed by atoms with Crippen molar-refractivity contribution in [2.75, 3.05) is 23.3 Å². The molecular formula is C18H20N4O3. The van der Waals surface area contributed by atoms with Crippen LogP contribution in [0.3, 0.4) is 0 Å². The number of carbonyl (C=O) groups is 1. The minimum absolute atomic E-state index is 0.0145. The highest BCUT2D eigenvalue weighted by molar-refractivity contribution is 5.77. The fraction of sp³-hybridized carbons (Fsp3) is 0.278. The zero-order valence-electron chi connectivity index (χ0n) is 13.7. The molecule has 0 unspecified atom stereocenters. The Hall–Kier alpha value is -3.09. The summed E-state index contributed by atoms with van der Waals surface area (Å²) in [7, 11) is 0. The van der Waals surface area contributed by atoms with Crippen LogP contribution in [0.2, 0.25) is 0 Å². The van der Waals surface area contributed by atoms with Crippen molar-refractivity contribution in [1.29, 1.82) is 0 Å². The summed E-state index contributed by atoms with van der Waals surface area (Å²) >= 11 is 0. The van der Waals surface area contributed by atoms with Gasteiger partial charge in [0, 0.05) is 48.2 Å². The Balaban J connectivity index is 1.61. The molecule has 1 fully saturated rings. The largest absolute Gasteiger partial charge is 0.371 e. The maximum atomic E-state index is 11.2. The molecule has 130 valence electrons. The summed E-state index contributed by atoms with van der Waals surface area (Å²) in [5.41, 5.74) is 8.24. The SMILES string of the molecule is NC(=O)C1CCN(c2ccc(Nc3ccc([N+](=O)[O-])cc3)cc2)CC1. The van der Waals surface area contributed by atoms with Crippen LogP contribution < -0.4 is 16.0 Å². The van der Waals surface area contributed by atoms with Crippen LogP contribution >= 0.6 is 0 Å². The lowest BCUT2D eigenvalue weighted by Gasteiger charge is -2.32. The van der Waals surface area contributed by atoms with Gasteiger partial charge in [0.15, 0.2) is 0 Å². The molecule has 3 N–H and O–H groups in total. The molecule has 0 spiro atoms. The number of anilines is 3. The molecule has 1 amide bonds. The third-order valence-corrected chi connectivity index (χ3v) is 4.50. The summed E-state index contributed by atoms with van der Waals surface area (Å²) in [6.45, 7) is 1.64. The summed E-state index contributed by atoms with van der Waals surface area (Å²) in [4.78, 5) is 23.7. The van der Waals surface area contributed by atoms with E-state index in [1.165, 1.54) is 12.1 Å². The number of rotatable bonds is 5. The van der Waals surface area contributed by atoms with Crippen molar-refractivity contribution >= 4 is 28.7 Å². The molecule has 1 saturated heterocycles. The summed E-state index contributed by atoms with van der Waals surface area (Å²) in [6.07, 6.45) is 1.58. The number of hydrogen-bond donors (Lipinski definition) is 2. The molecule has 0 atom stereocenters. The monoisotopic (exact) mass is 340 g/mol. The number of piperidine rings is 1. The zero-order chi connectivity index (χ0) is 17.8. The smallest absolute Gasteiger partial charge is 0.269 e. The van der Waals surface area contributed by atoms with Crippen molar-refractivity contribution < 1.29 is 9.72 Å². The Kier molecular flexibility index (Phi) is 4.83. The molecule has 0 saturated carbocycles. The van der Waals surface area contributed by atoms with Gasteiger partial charge in [-0.05, 0) is 49.2 Å². The van der Waals surface area contributed by atoms with E-state index in [2.05, 4.69) is 10.2 Å². The number of benzene rings is 2. The van der Waals surface area contributed by atoms with Gasteiger partial charge in [-0.2, -0.15) is 0 Å². The topological polar surface area (TPSA) is 102 Å². The van der Waals surface area contributed by atoms with E-state index in [4.69, 9.17) is 5.73 Å². The molecule has 25 heavy (non-hydrogen) atoms. The maximum Gasteiger partial charge on any atom is 0.269 e. The molecule has 0 aliphatic carbocycles. The van der Waals surface area contributed by atoms with Crippen molar-refractivity contribution in [2.24, 2.45) is 11.7 Å². The van der Waals surface area contributed by atoms with Crippen LogP contribution in [0.15, 0.2) is 48.5 Å². The van der Waals surface area contributed by atoms with E-state index in [0.717, 1.165) is 43.0 Å². The number of primary amides is 1. The van der Waals surface area contributed by atoms with Crippen LogP contribution in [0.5, 0.6) is 0 Å². The van der Waals surface area contributed by atoms with Gasteiger partial charge in [-0.1, -0.05) is 0 Å². The molecule has 7 heteroatoms. The molecule has 0 bridgehead atoms. The first-order valence-corrected chi connectivity index (χ1v) is 8.19. The summed E-state index contributed by atoms with van der Waals surface area (Å²) in [5, 5.41) is 13.9. The second-order valence-corrected chi connectivity index (χ2v) is 6.14. The minimum atomic E-state index is -0.417. The van der Waals surface area contributed by atoms with Crippen LogP contribution in [0.1, 0.15) is 12.8 Å². The van der Waals surface area contributed by atoms with Gasteiger partial charge in [0.1, 0.15) is 0 Å². The summed E-state index contributed by atoms with van der Waals surface area (Å²) in [6, 6.07) is 14.3. The third-order valence-electron chi connectivity index (χ3n) is 4.50. The third kappa shape index (κ3) is 4.06. The van der Waals surface area contributed by atoms with E-state index in [-0.39, 0.29) is 17.5 Å². The number of hydrogen-bond acceptors (Lipinski definition) is 5. The lowest BCUT2D eigenvalue weighted by molar-refractivity contribution is -0.384. The number of nitrogens with zero attached hydrogens (tertiary/aromatic N) is 2. The van der Waals surface area contributed by atoms with Crippen LogP contribution in [-0.4, -0.2) is 23.9 Å². The molecule has 7 nitrogen and oxygen atoms in total. The quantitative estimate of drug-likeness (QED) is 0.643. The molecule has 3 rings (SSSR count). The average Bonchev–Trinajstić information content (AvgIpc) is 2.63. The van der Waals surface area contributed by atoms with E-state index < -0.39 is 4.92 Å². The second kappa shape index (κ2) is 7.21. The van der Waals surface area contributed by atoms with Crippen LogP contribution in [0.4, 0.5) is 22.7 Å². The van der Waals surface area contributed by atoms with Crippen molar-refractivity contribution in [3.05, 3.63) is 58.6 Å². The number of nitro benzene ring substituents is 1. The summed E-state index contributed by atoms with van der Waals surface area (Å²) < 4.78 is 0.